The minimum atomic E-state index is -0.132. The highest BCUT2D eigenvalue weighted by molar-refractivity contribution is 5.93. The van der Waals surface area contributed by atoms with Crippen molar-refractivity contribution in [2.24, 2.45) is 0 Å². The topological polar surface area (TPSA) is 66.5 Å². The lowest BCUT2D eigenvalue weighted by Crippen LogP contribution is -2.37. The van der Waals surface area contributed by atoms with E-state index in [-0.39, 0.29) is 23.6 Å². The van der Waals surface area contributed by atoms with Crippen LogP contribution in [-0.2, 0) is 9.59 Å². The van der Waals surface area contributed by atoms with Gasteiger partial charge in [-0.15, -0.1) is 0 Å². The third-order valence-corrected chi connectivity index (χ3v) is 3.39. The number of nitrogens with one attached hydrogen (secondary N) is 1. The lowest BCUT2D eigenvalue weighted by atomic mass is 10.1. The zero-order chi connectivity index (χ0) is 15.8. The molecule has 0 aromatic heterocycles. The molecule has 114 valence electrons. The second-order valence-electron chi connectivity index (χ2n) is 4.93. The third kappa shape index (κ3) is 5.02. The smallest absolute Gasteiger partial charge is 0.251 e. The SMILES string of the molecule is CC(=O)C1CCCN1C(C)=O.CNC(=O)c1ccccc1. The second-order valence-corrected chi connectivity index (χ2v) is 4.93. The molecule has 1 N–H and O–H groups in total. The van der Waals surface area contributed by atoms with Crippen LogP contribution in [0.3, 0.4) is 0 Å². The van der Waals surface area contributed by atoms with Gasteiger partial charge in [0.05, 0.1) is 6.04 Å². The van der Waals surface area contributed by atoms with Crippen LogP contribution in [0.2, 0.25) is 0 Å². The van der Waals surface area contributed by atoms with Gasteiger partial charge in [-0.05, 0) is 31.9 Å². The van der Waals surface area contributed by atoms with E-state index in [4.69, 9.17) is 0 Å². The van der Waals surface area contributed by atoms with Crippen molar-refractivity contribution in [1.82, 2.24) is 10.2 Å². The maximum Gasteiger partial charge on any atom is 0.251 e. The highest BCUT2D eigenvalue weighted by atomic mass is 16.2. The lowest BCUT2D eigenvalue weighted by molar-refractivity contribution is -0.135. The zero-order valence-corrected chi connectivity index (χ0v) is 12.8. The van der Waals surface area contributed by atoms with E-state index in [0.717, 1.165) is 19.4 Å². The van der Waals surface area contributed by atoms with Crippen LogP contribution in [0.1, 0.15) is 37.0 Å². The van der Waals surface area contributed by atoms with Gasteiger partial charge in [-0.2, -0.15) is 0 Å². The van der Waals surface area contributed by atoms with Crippen molar-refractivity contribution in [3.8, 4) is 0 Å². The fourth-order valence-electron chi connectivity index (χ4n) is 2.30. The van der Waals surface area contributed by atoms with Crippen LogP contribution in [0.15, 0.2) is 30.3 Å². The highest BCUT2D eigenvalue weighted by Gasteiger charge is 2.29. The van der Waals surface area contributed by atoms with E-state index in [1.54, 1.807) is 31.0 Å². The number of carbonyl (C=O) groups excluding carboxylic acids is 3. The standard InChI is InChI=1S/C8H13NO2.C8H9NO/c1-6(10)8-4-3-5-9(8)7(2)11;1-9-8(10)7-5-3-2-4-6-7/h8H,3-5H2,1-2H3;2-6H,1H3,(H,9,10). The summed E-state index contributed by atoms with van der Waals surface area (Å²) in [6.07, 6.45) is 1.80. The van der Waals surface area contributed by atoms with Gasteiger partial charge in [0.2, 0.25) is 5.91 Å². The Labute approximate surface area is 125 Å². The lowest BCUT2D eigenvalue weighted by Gasteiger charge is -2.20. The van der Waals surface area contributed by atoms with Crippen molar-refractivity contribution < 1.29 is 14.4 Å². The van der Waals surface area contributed by atoms with Crippen molar-refractivity contribution in [2.75, 3.05) is 13.6 Å². The fraction of sp³-hybridized carbons (Fsp3) is 0.438. The van der Waals surface area contributed by atoms with E-state index in [0.29, 0.717) is 5.56 Å². The van der Waals surface area contributed by atoms with Crippen molar-refractivity contribution in [2.45, 2.75) is 32.7 Å². The van der Waals surface area contributed by atoms with E-state index in [9.17, 15) is 14.4 Å². The molecule has 1 saturated heterocycles. The summed E-state index contributed by atoms with van der Waals surface area (Å²) >= 11 is 0. The predicted octanol–water partition coefficient (Wildman–Crippen LogP) is 1.63. The largest absolute Gasteiger partial charge is 0.355 e. The first-order valence-electron chi connectivity index (χ1n) is 7.02. The molecule has 0 aliphatic carbocycles. The molecule has 1 heterocycles. The number of hydrogen-bond donors (Lipinski definition) is 1. The van der Waals surface area contributed by atoms with E-state index in [2.05, 4.69) is 5.32 Å². The van der Waals surface area contributed by atoms with E-state index in [1.807, 2.05) is 18.2 Å². The van der Waals surface area contributed by atoms with Crippen molar-refractivity contribution in [1.29, 1.82) is 0 Å². The average molecular weight is 290 g/mol. The van der Waals surface area contributed by atoms with Gasteiger partial charge >= 0.3 is 0 Å². The number of amides is 2. The third-order valence-electron chi connectivity index (χ3n) is 3.39. The Morgan fingerprint density at radius 3 is 2.19 bits per heavy atom. The van der Waals surface area contributed by atoms with Crippen LogP contribution in [0, 0.1) is 0 Å². The molecule has 21 heavy (non-hydrogen) atoms. The van der Waals surface area contributed by atoms with E-state index in [1.165, 1.54) is 6.92 Å². The maximum absolute atomic E-state index is 11.0. The Kier molecular flexibility index (Phi) is 6.59. The Morgan fingerprint density at radius 1 is 1.14 bits per heavy atom. The maximum atomic E-state index is 11.0. The molecule has 1 aliphatic rings. The summed E-state index contributed by atoms with van der Waals surface area (Å²) < 4.78 is 0. The first-order chi connectivity index (χ1) is 9.97. The van der Waals surface area contributed by atoms with Crippen LogP contribution < -0.4 is 5.32 Å². The molecule has 2 amide bonds. The van der Waals surface area contributed by atoms with E-state index < -0.39 is 0 Å². The normalized spacial score (nSPS) is 16.7. The molecule has 1 atom stereocenters. The summed E-state index contributed by atoms with van der Waals surface area (Å²) in [5, 5.41) is 2.54. The second kappa shape index (κ2) is 8.19. The Hall–Kier alpha value is -2.17. The zero-order valence-electron chi connectivity index (χ0n) is 12.8. The van der Waals surface area contributed by atoms with Crippen LogP contribution in [0.4, 0.5) is 0 Å². The first kappa shape index (κ1) is 16.9. The molecule has 1 fully saturated rings. The summed E-state index contributed by atoms with van der Waals surface area (Å²) in [4.78, 5) is 34.5. The van der Waals surface area contributed by atoms with Crippen molar-refractivity contribution in [3.63, 3.8) is 0 Å². The van der Waals surface area contributed by atoms with E-state index >= 15 is 0 Å². The molecule has 0 spiro atoms. The minimum absolute atomic E-state index is 0.0164. The van der Waals surface area contributed by atoms with Crippen LogP contribution in [0.25, 0.3) is 0 Å². The fourth-order valence-corrected chi connectivity index (χ4v) is 2.30. The summed E-state index contributed by atoms with van der Waals surface area (Å²) in [6.45, 7) is 3.81. The van der Waals surface area contributed by atoms with Crippen LogP contribution in [-0.4, -0.2) is 42.1 Å². The molecular weight excluding hydrogens is 268 g/mol. The number of benzene rings is 1. The molecule has 2 rings (SSSR count). The monoisotopic (exact) mass is 290 g/mol. The summed E-state index contributed by atoms with van der Waals surface area (Å²) in [5.41, 5.74) is 0.699. The van der Waals surface area contributed by atoms with Gasteiger partial charge in [-0.3, -0.25) is 14.4 Å². The summed E-state index contributed by atoms with van der Waals surface area (Å²) in [6, 6.07) is 8.98. The number of rotatable bonds is 2. The molecule has 5 heteroatoms. The van der Waals surface area contributed by atoms with Gasteiger partial charge in [-0.1, -0.05) is 18.2 Å². The molecule has 1 aromatic carbocycles. The van der Waals surface area contributed by atoms with Gasteiger partial charge < -0.3 is 10.2 Å². The molecule has 0 saturated carbocycles. The number of Topliss-reactive ketones (excluding diaryl/α,β-unsaturated/α-hetero) is 1. The molecule has 1 aromatic rings. The highest BCUT2D eigenvalue weighted by Crippen LogP contribution is 2.17. The van der Waals surface area contributed by atoms with Crippen molar-refractivity contribution >= 4 is 17.6 Å². The molecule has 1 unspecified atom stereocenters. The van der Waals surface area contributed by atoms with Gasteiger partial charge in [0.15, 0.2) is 5.78 Å². The summed E-state index contributed by atoms with van der Waals surface area (Å²) in [7, 11) is 1.62. The number of likely N-dealkylation sites (tertiary alicyclic amines) is 1. The number of carbonyl (C=O) groups is 3. The Bertz CT molecular complexity index is 480. The number of ketones is 1. The minimum Gasteiger partial charge on any atom is -0.355 e. The number of nitrogens with zero attached hydrogens (tertiary/aromatic N) is 1. The van der Waals surface area contributed by atoms with Gasteiger partial charge in [0.1, 0.15) is 0 Å². The molecule has 0 radical (unpaired) electrons. The van der Waals surface area contributed by atoms with Gasteiger partial charge in [-0.25, -0.2) is 0 Å². The average Bonchev–Trinajstić information content (AvgIpc) is 2.98. The summed E-state index contributed by atoms with van der Waals surface area (Å²) in [5.74, 6) is 0.0843. The Morgan fingerprint density at radius 2 is 1.76 bits per heavy atom. The first-order valence-corrected chi connectivity index (χ1v) is 7.02. The van der Waals surface area contributed by atoms with Gasteiger partial charge in [0.25, 0.3) is 5.91 Å². The molecular formula is C16H22N2O3. The predicted molar refractivity (Wildman–Crippen MR) is 80.9 cm³/mol. The van der Waals surface area contributed by atoms with Crippen molar-refractivity contribution in [3.05, 3.63) is 35.9 Å². The molecule has 5 nitrogen and oxygen atoms in total. The molecule has 0 bridgehead atoms. The Balaban J connectivity index is 0.000000211. The quantitative estimate of drug-likeness (QED) is 0.900. The van der Waals surface area contributed by atoms with Crippen LogP contribution >= 0.6 is 0 Å². The van der Waals surface area contributed by atoms with Crippen LogP contribution in [0.5, 0.6) is 0 Å². The van der Waals surface area contributed by atoms with Gasteiger partial charge in [0, 0.05) is 26.1 Å². The number of hydrogen-bond acceptors (Lipinski definition) is 3. The molecule has 1 aliphatic heterocycles.